The zero-order valence-electron chi connectivity index (χ0n) is 9.08. The standard InChI is InChI=1S/C11H18N2O/c1-4-8-14-10-7-5-6-9(11(10)12)13(2)3/h5-7H,4,8,12H2,1-3H3. The van der Waals surface area contributed by atoms with Crippen LogP contribution in [0.25, 0.3) is 0 Å². The molecular weight excluding hydrogens is 176 g/mol. The molecule has 3 heteroatoms. The molecule has 1 aromatic rings. The first-order chi connectivity index (χ1) is 6.66. The average molecular weight is 194 g/mol. The zero-order chi connectivity index (χ0) is 10.6. The number of anilines is 2. The van der Waals surface area contributed by atoms with E-state index in [4.69, 9.17) is 10.5 Å². The summed E-state index contributed by atoms with van der Waals surface area (Å²) in [6, 6.07) is 5.84. The van der Waals surface area contributed by atoms with Crippen LogP contribution in [0.5, 0.6) is 5.75 Å². The van der Waals surface area contributed by atoms with E-state index in [1.165, 1.54) is 0 Å². The van der Waals surface area contributed by atoms with Gasteiger partial charge in [-0.2, -0.15) is 0 Å². The van der Waals surface area contributed by atoms with E-state index < -0.39 is 0 Å². The lowest BCUT2D eigenvalue weighted by molar-refractivity contribution is 0.319. The highest BCUT2D eigenvalue weighted by Crippen LogP contribution is 2.30. The van der Waals surface area contributed by atoms with Gasteiger partial charge in [0.05, 0.1) is 18.0 Å². The van der Waals surface area contributed by atoms with E-state index in [2.05, 4.69) is 6.92 Å². The van der Waals surface area contributed by atoms with Crippen LogP contribution in [0.15, 0.2) is 18.2 Å². The summed E-state index contributed by atoms with van der Waals surface area (Å²) in [5.41, 5.74) is 7.67. The Morgan fingerprint density at radius 3 is 2.64 bits per heavy atom. The highest BCUT2D eigenvalue weighted by atomic mass is 16.5. The molecule has 3 nitrogen and oxygen atoms in total. The van der Waals surface area contributed by atoms with Gasteiger partial charge in [-0.05, 0) is 18.6 Å². The molecule has 1 rings (SSSR count). The number of para-hydroxylation sites is 1. The predicted octanol–water partition coefficient (Wildman–Crippen LogP) is 2.12. The van der Waals surface area contributed by atoms with Gasteiger partial charge in [0, 0.05) is 14.1 Å². The molecule has 0 bridgehead atoms. The quantitative estimate of drug-likeness (QED) is 0.746. The Balaban J connectivity index is 2.89. The third-order valence-corrected chi connectivity index (χ3v) is 1.99. The number of nitrogens with zero attached hydrogens (tertiary/aromatic N) is 1. The van der Waals surface area contributed by atoms with Gasteiger partial charge < -0.3 is 15.4 Å². The number of ether oxygens (including phenoxy) is 1. The fourth-order valence-corrected chi connectivity index (χ4v) is 1.26. The summed E-state index contributed by atoms with van der Waals surface area (Å²) in [5.74, 6) is 0.776. The first kappa shape index (κ1) is 10.7. The fraction of sp³-hybridized carbons (Fsp3) is 0.455. The summed E-state index contributed by atoms with van der Waals surface area (Å²) in [4.78, 5) is 1.98. The van der Waals surface area contributed by atoms with Gasteiger partial charge >= 0.3 is 0 Å². The lowest BCUT2D eigenvalue weighted by Crippen LogP contribution is -2.12. The molecule has 0 saturated carbocycles. The third-order valence-electron chi connectivity index (χ3n) is 1.99. The molecular formula is C11H18N2O. The van der Waals surface area contributed by atoms with Gasteiger partial charge in [0.25, 0.3) is 0 Å². The lowest BCUT2D eigenvalue weighted by Gasteiger charge is -2.17. The van der Waals surface area contributed by atoms with Crippen LogP contribution >= 0.6 is 0 Å². The number of nitrogen functional groups attached to an aromatic ring is 1. The molecule has 0 amide bonds. The highest BCUT2D eigenvalue weighted by Gasteiger charge is 2.06. The minimum atomic E-state index is 0.709. The van der Waals surface area contributed by atoms with Crippen molar-refractivity contribution in [2.75, 3.05) is 31.3 Å². The summed E-state index contributed by atoms with van der Waals surface area (Å²) >= 11 is 0. The van der Waals surface area contributed by atoms with Gasteiger partial charge in [0.1, 0.15) is 5.75 Å². The van der Waals surface area contributed by atoms with Gasteiger partial charge in [-0.1, -0.05) is 13.0 Å². The van der Waals surface area contributed by atoms with E-state index in [1.54, 1.807) is 0 Å². The van der Waals surface area contributed by atoms with Crippen LogP contribution in [0, 0.1) is 0 Å². The monoisotopic (exact) mass is 194 g/mol. The maximum atomic E-state index is 5.96. The Labute approximate surface area is 85.5 Å². The molecule has 0 spiro atoms. The van der Waals surface area contributed by atoms with Crippen molar-refractivity contribution in [3.05, 3.63) is 18.2 Å². The molecule has 0 aliphatic rings. The summed E-state index contributed by atoms with van der Waals surface area (Å²) in [7, 11) is 3.94. The van der Waals surface area contributed by atoms with Crippen LogP contribution in [-0.4, -0.2) is 20.7 Å². The van der Waals surface area contributed by atoms with Crippen molar-refractivity contribution in [1.82, 2.24) is 0 Å². The molecule has 2 N–H and O–H groups in total. The minimum Gasteiger partial charge on any atom is -0.491 e. The van der Waals surface area contributed by atoms with E-state index in [1.807, 2.05) is 37.2 Å². The Kier molecular flexibility index (Phi) is 3.63. The van der Waals surface area contributed by atoms with E-state index >= 15 is 0 Å². The minimum absolute atomic E-state index is 0.709. The number of hydrogen-bond donors (Lipinski definition) is 1. The van der Waals surface area contributed by atoms with Crippen LogP contribution in [0.2, 0.25) is 0 Å². The Morgan fingerprint density at radius 1 is 1.36 bits per heavy atom. The summed E-state index contributed by atoms with van der Waals surface area (Å²) in [6.45, 7) is 2.78. The van der Waals surface area contributed by atoms with Crippen molar-refractivity contribution in [1.29, 1.82) is 0 Å². The summed E-state index contributed by atoms with van der Waals surface area (Å²) < 4.78 is 5.53. The molecule has 0 aliphatic carbocycles. The van der Waals surface area contributed by atoms with Gasteiger partial charge in [-0.25, -0.2) is 0 Å². The first-order valence-electron chi connectivity index (χ1n) is 4.85. The number of benzene rings is 1. The summed E-state index contributed by atoms with van der Waals surface area (Å²) in [5, 5.41) is 0. The largest absolute Gasteiger partial charge is 0.491 e. The van der Waals surface area contributed by atoms with Gasteiger partial charge in [-0.3, -0.25) is 0 Å². The number of nitrogens with two attached hydrogens (primary N) is 1. The lowest BCUT2D eigenvalue weighted by atomic mass is 10.2. The normalized spacial score (nSPS) is 9.93. The van der Waals surface area contributed by atoms with Crippen molar-refractivity contribution < 1.29 is 4.74 Å². The van der Waals surface area contributed by atoms with Crippen molar-refractivity contribution in [3.8, 4) is 5.75 Å². The molecule has 0 saturated heterocycles. The van der Waals surface area contributed by atoms with Gasteiger partial charge in [0.2, 0.25) is 0 Å². The molecule has 14 heavy (non-hydrogen) atoms. The second kappa shape index (κ2) is 4.74. The molecule has 1 aromatic carbocycles. The molecule has 0 atom stereocenters. The number of rotatable bonds is 4. The molecule has 0 aromatic heterocycles. The van der Waals surface area contributed by atoms with E-state index in [9.17, 15) is 0 Å². The molecule has 78 valence electrons. The Bertz CT molecular complexity index is 297. The maximum Gasteiger partial charge on any atom is 0.144 e. The smallest absolute Gasteiger partial charge is 0.144 e. The summed E-state index contributed by atoms with van der Waals surface area (Å²) in [6.07, 6.45) is 0.992. The van der Waals surface area contributed by atoms with Crippen LogP contribution in [0.4, 0.5) is 11.4 Å². The Morgan fingerprint density at radius 2 is 2.07 bits per heavy atom. The van der Waals surface area contributed by atoms with Gasteiger partial charge in [-0.15, -0.1) is 0 Å². The average Bonchev–Trinajstić information content (AvgIpc) is 2.16. The van der Waals surface area contributed by atoms with Crippen LogP contribution in [0.1, 0.15) is 13.3 Å². The second-order valence-electron chi connectivity index (χ2n) is 3.43. The van der Waals surface area contributed by atoms with Gasteiger partial charge in [0.15, 0.2) is 0 Å². The van der Waals surface area contributed by atoms with E-state index in [0.717, 1.165) is 17.9 Å². The third kappa shape index (κ3) is 2.31. The van der Waals surface area contributed by atoms with E-state index in [-0.39, 0.29) is 0 Å². The van der Waals surface area contributed by atoms with Crippen molar-refractivity contribution in [3.63, 3.8) is 0 Å². The maximum absolute atomic E-state index is 5.96. The SMILES string of the molecule is CCCOc1cccc(N(C)C)c1N. The van der Waals surface area contributed by atoms with Crippen molar-refractivity contribution in [2.45, 2.75) is 13.3 Å². The molecule has 0 fully saturated rings. The highest BCUT2D eigenvalue weighted by molar-refractivity contribution is 5.73. The Hall–Kier alpha value is -1.38. The van der Waals surface area contributed by atoms with Crippen molar-refractivity contribution in [2.24, 2.45) is 0 Å². The fourth-order valence-electron chi connectivity index (χ4n) is 1.26. The zero-order valence-corrected chi connectivity index (χ0v) is 9.08. The molecule has 0 unspecified atom stereocenters. The van der Waals surface area contributed by atoms with Crippen LogP contribution in [-0.2, 0) is 0 Å². The predicted molar refractivity (Wildman–Crippen MR) is 61.0 cm³/mol. The van der Waals surface area contributed by atoms with Crippen LogP contribution in [0.3, 0.4) is 0 Å². The van der Waals surface area contributed by atoms with E-state index in [0.29, 0.717) is 12.3 Å². The topological polar surface area (TPSA) is 38.5 Å². The molecule has 0 aliphatic heterocycles. The van der Waals surface area contributed by atoms with Crippen molar-refractivity contribution >= 4 is 11.4 Å². The molecule has 0 radical (unpaired) electrons. The van der Waals surface area contributed by atoms with Crippen LogP contribution < -0.4 is 15.4 Å². The second-order valence-corrected chi connectivity index (χ2v) is 3.43. The first-order valence-corrected chi connectivity index (χ1v) is 4.85. The molecule has 0 heterocycles. The number of hydrogen-bond acceptors (Lipinski definition) is 3.